The normalized spacial score (nSPS) is 12.1. The molecule has 0 saturated carbocycles. The molecule has 118 valence electrons. The molecular formula is C14H22N2O4S. The van der Waals surface area contributed by atoms with Gasteiger partial charge in [-0.2, -0.15) is 0 Å². The van der Waals surface area contributed by atoms with Gasteiger partial charge in [-0.15, -0.1) is 0 Å². The fourth-order valence-electron chi connectivity index (χ4n) is 1.71. The molecule has 0 atom stereocenters. The second-order valence-electron chi connectivity index (χ2n) is 5.58. The molecule has 6 nitrogen and oxygen atoms in total. The number of sulfonamides is 1. The Hall–Kier alpha value is -1.60. The number of rotatable bonds is 5. The number of nitrogens with one attached hydrogen (secondary N) is 1. The van der Waals surface area contributed by atoms with E-state index >= 15 is 0 Å². The van der Waals surface area contributed by atoms with E-state index in [1.807, 2.05) is 20.8 Å². The first-order valence-corrected chi connectivity index (χ1v) is 8.10. The van der Waals surface area contributed by atoms with E-state index in [1.54, 1.807) is 13.0 Å². The molecule has 1 rings (SSSR count). The lowest BCUT2D eigenvalue weighted by Crippen LogP contribution is -2.30. The summed E-state index contributed by atoms with van der Waals surface area (Å²) in [6.45, 7) is 7.24. The van der Waals surface area contributed by atoms with Crippen LogP contribution in [0.3, 0.4) is 0 Å². The van der Waals surface area contributed by atoms with E-state index in [-0.39, 0.29) is 16.6 Å². The van der Waals surface area contributed by atoms with Crippen molar-refractivity contribution in [2.45, 2.75) is 39.0 Å². The van der Waals surface area contributed by atoms with Crippen molar-refractivity contribution >= 4 is 21.6 Å². The third kappa shape index (κ3) is 3.95. The van der Waals surface area contributed by atoms with Crippen LogP contribution in [0, 0.1) is 12.3 Å². The minimum atomic E-state index is -3.94. The fourth-order valence-corrected chi connectivity index (χ4v) is 2.51. The SMILES string of the molecule is CCC(C)(C)C(=O)Nc1cc(C)cc(S(N)(=O)=O)c1OC. The molecule has 0 saturated heterocycles. The zero-order valence-electron chi connectivity index (χ0n) is 13.0. The summed E-state index contributed by atoms with van der Waals surface area (Å²) in [4.78, 5) is 12.1. The number of amides is 1. The quantitative estimate of drug-likeness (QED) is 0.868. The second-order valence-corrected chi connectivity index (χ2v) is 7.11. The van der Waals surface area contributed by atoms with Crippen molar-refractivity contribution in [3.05, 3.63) is 17.7 Å². The van der Waals surface area contributed by atoms with Gasteiger partial charge in [-0.3, -0.25) is 4.79 Å². The molecule has 0 heterocycles. The number of carbonyl (C=O) groups excluding carboxylic acids is 1. The van der Waals surface area contributed by atoms with Crippen molar-refractivity contribution < 1.29 is 17.9 Å². The van der Waals surface area contributed by atoms with E-state index in [0.29, 0.717) is 17.7 Å². The van der Waals surface area contributed by atoms with Crippen molar-refractivity contribution in [2.24, 2.45) is 10.6 Å². The summed E-state index contributed by atoms with van der Waals surface area (Å²) < 4.78 is 28.4. The smallest absolute Gasteiger partial charge is 0.241 e. The van der Waals surface area contributed by atoms with Gasteiger partial charge in [-0.05, 0) is 31.0 Å². The van der Waals surface area contributed by atoms with Gasteiger partial charge in [0.25, 0.3) is 0 Å². The number of hydrogen-bond acceptors (Lipinski definition) is 4. The molecule has 0 aliphatic rings. The maximum absolute atomic E-state index is 12.3. The molecule has 0 aromatic heterocycles. The molecule has 21 heavy (non-hydrogen) atoms. The topological polar surface area (TPSA) is 98.5 Å². The van der Waals surface area contributed by atoms with Crippen LogP contribution in [0.5, 0.6) is 5.75 Å². The second kappa shape index (κ2) is 6.03. The van der Waals surface area contributed by atoms with Crippen molar-refractivity contribution in [2.75, 3.05) is 12.4 Å². The Bertz CT molecular complexity index is 651. The molecule has 0 radical (unpaired) electrons. The Morgan fingerprint density at radius 2 is 1.95 bits per heavy atom. The predicted molar refractivity (Wildman–Crippen MR) is 81.8 cm³/mol. The van der Waals surface area contributed by atoms with Crippen molar-refractivity contribution in [1.29, 1.82) is 0 Å². The maximum Gasteiger partial charge on any atom is 0.241 e. The Labute approximate surface area is 125 Å². The Morgan fingerprint density at radius 3 is 2.38 bits per heavy atom. The molecule has 0 bridgehead atoms. The van der Waals surface area contributed by atoms with Crippen LogP contribution in [0.15, 0.2) is 17.0 Å². The minimum Gasteiger partial charge on any atom is -0.493 e. The molecule has 0 unspecified atom stereocenters. The van der Waals surface area contributed by atoms with Gasteiger partial charge in [-0.25, -0.2) is 13.6 Å². The summed E-state index contributed by atoms with van der Waals surface area (Å²) in [7, 11) is -2.61. The van der Waals surface area contributed by atoms with Crippen LogP contribution in [0.2, 0.25) is 0 Å². The summed E-state index contributed by atoms with van der Waals surface area (Å²) in [6, 6.07) is 3.06. The van der Waals surface area contributed by atoms with Crippen molar-refractivity contribution in [1.82, 2.24) is 0 Å². The highest BCUT2D eigenvalue weighted by Crippen LogP contribution is 2.34. The average Bonchev–Trinajstić information content (AvgIpc) is 2.37. The maximum atomic E-state index is 12.3. The van der Waals surface area contributed by atoms with Crippen LogP contribution >= 0.6 is 0 Å². The van der Waals surface area contributed by atoms with Gasteiger partial charge in [0.2, 0.25) is 15.9 Å². The molecule has 0 aliphatic heterocycles. The van der Waals surface area contributed by atoms with E-state index in [1.165, 1.54) is 13.2 Å². The number of methoxy groups -OCH3 is 1. The monoisotopic (exact) mass is 314 g/mol. The molecule has 1 amide bonds. The number of aryl methyl sites for hydroxylation is 1. The number of hydrogen-bond donors (Lipinski definition) is 2. The highest BCUT2D eigenvalue weighted by atomic mass is 32.2. The minimum absolute atomic E-state index is 0.0448. The molecule has 1 aromatic carbocycles. The number of carbonyl (C=O) groups is 1. The summed E-state index contributed by atoms with van der Waals surface area (Å²) in [6.07, 6.45) is 0.648. The number of ether oxygens (including phenoxy) is 1. The van der Waals surface area contributed by atoms with Crippen LogP contribution in [-0.2, 0) is 14.8 Å². The Kier molecular flexibility index (Phi) is 5.01. The predicted octanol–water partition coefficient (Wildman–Crippen LogP) is 2.03. The van der Waals surface area contributed by atoms with Crippen molar-refractivity contribution in [3.63, 3.8) is 0 Å². The number of anilines is 1. The third-order valence-electron chi connectivity index (χ3n) is 3.46. The first-order chi connectivity index (χ1) is 9.52. The van der Waals surface area contributed by atoms with Gasteiger partial charge in [-0.1, -0.05) is 20.8 Å². The van der Waals surface area contributed by atoms with E-state index < -0.39 is 15.4 Å². The average molecular weight is 314 g/mol. The molecule has 3 N–H and O–H groups in total. The van der Waals surface area contributed by atoms with Crippen LogP contribution in [0.25, 0.3) is 0 Å². The zero-order chi connectivity index (χ0) is 16.4. The zero-order valence-corrected chi connectivity index (χ0v) is 13.8. The summed E-state index contributed by atoms with van der Waals surface area (Å²) >= 11 is 0. The Balaban J connectivity index is 3.38. The molecule has 1 aromatic rings. The fraction of sp³-hybridized carbons (Fsp3) is 0.500. The van der Waals surface area contributed by atoms with Gasteiger partial charge in [0.1, 0.15) is 4.90 Å². The molecule has 0 fully saturated rings. The van der Waals surface area contributed by atoms with E-state index in [9.17, 15) is 13.2 Å². The van der Waals surface area contributed by atoms with Crippen LogP contribution in [0.4, 0.5) is 5.69 Å². The first kappa shape index (κ1) is 17.5. The summed E-state index contributed by atoms with van der Waals surface area (Å²) in [5.41, 5.74) is 0.383. The Morgan fingerprint density at radius 1 is 1.38 bits per heavy atom. The largest absolute Gasteiger partial charge is 0.493 e. The van der Waals surface area contributed by atoms with Gasteiger partial charge < -0.3 is 10.1 Å². The lowest BCUT2D eigenvalue weighted by atomic mass is 9.89. The first-order valence-electron chi connectivity index (χ1n) is 6.56. The number of nitrogens with two attached hydrogens (primary N) is 1. The molecular weight excluding hydrogens is 292 g/mol. The lowest BCUT2D eigenvalue weighted by Gasteiger charge is -2.23. The highest BCUT2D eigenvalue weighted by molar-refractivity contribution is 7.89. The summed E-state index contributed by atoms with van der Waals surface area (Å²) in [5, 5.41) is 7.92. The van der Waals surface area contributed by atoms with Crippen LogP contribution in [0.1, 0.15) is 32.8 Å². The van der Waals surface area contributed by atoms with E-state index in [2.05, 4.69) is 5.32 Å². The van der Waals surface area contributed by atoms with Gasteiger partial charge >= 0.3 is 0 Å². The van der Waals surface area contributed by atoms with Crippen LogP contribution < -0.4 is 15.2 Å². The van der Waals surface area contributed by atoms with E-state index in [4.69, 9.17) is 9.88 Å². The number of primary sulfonamides is 1. The van der Waals surface area contributed by atoms with Gasteiger partial charge in [0, 0.05) is 5.41 Å². The molecule has 0 aliphatic carbocycles. The molecule has 0 spiro atoms. The third-order valence-corrected chi connectivity index (χ3v) is 4.37. The lowest BCUT2D eigenvalue weighted by molar-refractivity contribution is -0.124. The van der Waals surface area contributed by atoms with E-state index in [0.717, 1.165) is 0 Å². The van der Waals surface area contributed by atoms with Crippen molar-refractivity contribution in [3.8, 4) is 5.75 Å². The molecule has 7 heteroatoms. The van der Waals surface area contributed by atoms with Gasteiger partial charge in [0.15, 0.2) is 5.75 Å². The standard InChI is InChI=1S/C14H22N2O4S/c1-6-14(3,4)13(17)16-10-7-9(2)8-11(12(10)20-5)21(15,18)19/h7-8H,6H2,1-5H3,(H,16,17)(H2,15,18,19). The highest BCUT2D eigenvalue weighted by Gasteiger charge is 2.27. The summed E-state index contributed by atoms with van der Waals surface area (Å²) in [5.74, 6) is -0.169. The number of benzene rings is 1. The van der Waals surface area contributed by atoms with Gasteiger partial charge in [0.05, 0.1) is 12.8 Å². The van der Waals surface area contributed by atoms with Crippen LogP contribution in [-0.4, -0.2) is 21.4 Å².